The van der Waals surface area contributed by atoms with Crippen LogP contribution in [0.3, 0.4) is 0 Å². The Hall–Kier alpha value is -1.27. The predicted molar refractivity (Wildman–Crippen MR) is 88.8 cm³/mol. The number of hydrogen-bond donors (Lipinski definition) is 2. The van der Waals surface area contributed by atoms with Crippen LogP contribution in [0, 0.1) is 0 Å². The van der Waals surface area contributed by atoms with E-state index in [9.17, 15) is 4.79 Å². The Labute approximate surface area is 137 Å². The average Bonchev–Trinajstić information content (AvgIpc) is 2.47. The fourth-order valence-corrected chi connectivity index (χ4v) is 2.94. The van der Waals surface area contributed by atoms with Crippen molar-refractivity contribution in [2.24, 2.45) is 0 Å². The van der Waals surface area contributed by atoms with Gasteiger partial charge in [-0.15, -0.1) is 0 Å². The third-order valence-electron chi connectivity index (χ3n) is 3.17. The highest BCUT2D eigenvalue weighted by molar-refractivity contribution is 9.10. The molecule has 6 heteroatoms. The van der Waals surface area contributed by atoms with Gasteiger partial charge in [0.15, 0.2) is 6.04 Å². The minimum Gasteiger partial charge on any atom is -0.462 e. The van der Waals surface area contributed by atoms with E-state index >= 15 is 0 Å². The van der Waals surface area contributed by atoms with E-state index in [-0.39, 0.29) is 12.0 Å². The molecule has 21 heavy (non-hydrogen) atoms. The Morgan fingerprint density at radius 1 is 1.43 bits per heavy atom. The van der Waals surface area contributed by atoms with Crippen molar-refractivity contribution in [1.82, 2.24) is 5.32 Å². The molecule has 0 aliphatic carbocycles. The van der Waals surface area contributed by atoms with Crippen LogP contribution in [0.15, 0.2) is 40.0 Å². The largest absolute Gasteiger partial charge is 0.462 e. The quantitative estimate of drug-likeness (QED) is 0.796. The van der Waals surface area contributed by atoms with Gasteiger partial charge in [0.05, 0.1) is 6.61 Å². The molecule has 1 aliphatic rings. The fraction of sp³-hybridized carbons (Fsp3) is 0.333. The third kappa shape index (κ3) is 3.68. The van der Waals surface area contributed by atoms with Gasteiger partial charge in [0.2, 0.25) is 0 Å². The van der Waals surface area contributed by atoms with Crippen LogP contribution >= 0.6 is 27.7 Å². The highest BCUT2D eigenvalue weighted by Gasteiger charge is 2.34. The smallest absolute Gasteiger partial charge is 0.342 e. The Morgan fingerprint density at radius 2 is 2.10 bits per heavy atom. The topological polar surface area (TPSA) is 52.3 Å². The summed E-state index contributed by atoms with van der Waals surface area (Å²) in [5, 5.41) is 4.13. The molecule has 0 aromatic heterocycles. The molecular formula is C15H18BrN2O2S+. The van der Waals surface area contributed by atoms with Crippen molar-refractivity contribution in [2.75, 3.05) is 12.9 Å². The van der Waals surface area contributed by atoms with Gasteiger partial charge in [0.25, 0.3) is 0 Å². The second-order valence-electron chi connectivity index (χ2n) is 4.55. The summed E-state index contributed by atoms with van der Waals surface area (Å²) in [5.74, 6) is -0.289. The van der Waals surface area contributed by atoms with E-state index in [4.69, 9.17) is 4.74 Å². The summed E-state index contributed by atoms with van der Waals surface area (Å²) in [6, 6.07) is 7.72. The van der Waals surface area contributed by atoms with Gasteiger partial charge >= 0.3 is 11.1 Å². The number of thioether (sulfide) groups is 1. The number of esters is 1. The summed E-state index contributed by atoms with van der Waals surface area (Å²) in [7, 11) is 0. The maximum atomic E-state index is 12.3. The number of rotatable bonds is 3. The zero-order valence-corrected chi connectivity index (χ0v) is 14.6. The number of carbonyl (C=O) groups excluding carboxylic acids is 1. The van der Waals surface area contributed by atoms with Gasteiger partial charge in [-0.3, -0.25) is 4.99 Å². The van der Waals surface area contributed by atoms with Crippen molar-refractivity contribution < 1.29 is 14.5 Å². The van der Waals surface area contributed by atoms with Crippen molar-refractivity contribution in [2.45, 2.75) is 19.9 Å². The number of ether oxygens (including phenoxy) is 1. The molecule has 0 spiro atoms. The summed E-state index contributed by atoms with van der Waals surface area (Å²) in [6.45, 7) is 4.07. The summed E-state index contributed by atoms with van der Waals surface area (Å²) in [6.07, 6.45) is 1.98. The zero-order valence-electron chi connectivity index (χ0n) is 12.2. The highest BCUT2D eigenvalue weighted by atomic mass is 79.9. The molecule has 112 valence electrons. The lowest BCUT2D eigenvalue weighted by Gasteiger charge is -2.20. The zero-order chi connectivity index (χ0) is 15.4. The highest BCUT2D eigenvalue weighted by Crippen LogP contribution is 2.24. The van der Waals surface area contributed by atoms with E-state index in [1.807, 2.05) is 44.4 Å². The number of nitrogens with one attached hydrogen (secondary N) is 2. The Balaban J connectivity index is 2.44. The maximum absolute atomic E-state index is 12.3. The molecule has 0 radical (unpaired) electrons. The van der Waals surface area contributed by atoms with E-state index in [1.54, 1.807) is 11.8 Å². The molecule has 0 saturated heterocycles. The van der Waals surface area contributed by atoms with Crippen molar-refractivity contribution in [1.29, 1.82) is 0 Å². The fourth-order valence-electron chi connectivity index (χ4n) is 2.19. The summed E-state index contributed by atoms with van der Waals surface area (Å²) < 4.78 is 6.20. The molecule has 0 fully saturated rings. The molecule has 1 heterocycles. The number of allylic oxidation sites excluding steroid dienone is 1. The first-order chi connectivity index (χ1) is 10.1. The monoisotopic (exact) mass is 369 g/mol. The van der Waals surface area contributed by atoms with Gasteiger partial charge in [-0.2, -0.15) is 0 Å². The van der Waals surface area contributed by atoms with Gasteiger partial charge in [-0.25, -0.2) is 10.1 Å². The average molecular weight is 370 g/mol. The van der Waals surface area contributed by atoms with Crippen LogP contribution in [0.5, 0.6) is 0 Å². The van der Waals surface area contributed by atoms with Crippen LogP contribution in [0.4, 0.5) is 0 Å². The lowest BCUT2D eigenvalue weighted by Crippen LogP contribution is -2.79. The van der Waals surface area contributed by atoms with Gasteiger partial charge in [0, 0.05) is 10.0 Å². The second-order valence-corrected chi connectivity index (χ2v) is 6.28. The molecule has 2 rings (SSSR count). The predicted octanol–water partition coefficient (Wildman–Crippen LogP) is 1.73. The van der Waals surface area contributed by atoms with Crippen molar-refractivity contribution in [3.05, 3.63) is 45.6 Å². The van der Waals surface area contributed by atoms with E-state index in [1.165, 1.54) is 0 Å². The van der Waals surface area contributed by atoms with E-state index in [2.05, 4.69) is 26.2 Å². The molecule has 1 unspecified atom stereocenters. The second kappa shape index (κ2) is 7.13. The lowest BCUT2D eigenvalue weighted by molar-refractivity contribution is -0.498. The van der Waals surface area contributed by atoms with Gasteiger partial charge in [-0.1, -0.05) is 28.1 Å². The minimum atomic E-state index is -0.289. The van der Waals surface area contributed by atoms with Crippen LogP contribution < -0.4 is 10.3 Å². The molecule has 1 aliphatic heterocycles. The molecule has 0 amide bonds. The first-order valence-electron chi connectivity index (χ1n) is 6.64. The summed E-state index contributed by atoms with van der Waals surface area (Å²) >= 11 is 5.01. The minimum absolute atomic E-state index is 0.208. The van der Waals surface area contributed by atoms with Crippen LogP contribution in [0.2, 0.25) is 0 Å². The number of carbonyl (C=O) groups is 1. The van der Waals surface area contributed by atoms with Crippen LogP contribution in [0.1, 0.15) is 25.5 Å². The number of hydrogen-bond acceptors (Lipinski definition) is 4. The Morgan fingerprint density at radius 3 is 2.67 bits per heavy atom. The van der Waals surface area contributed by atoms with Crippen LogP contribution in [-0.4, -0.2) is 24.0 Å². The first kappa shape index (κ1) is 16.1. The molecule has 0 saturated carbocycles. The summed E-state index contributed by atoms with van der Waals surface area (Å²) in [4.78, 5) is 15.6. The van der Waals surface area contributed by atoms with E-state index in [0.717, 1.165) is 20.9 Å². The van der Waals surface area contributed by atoms with Crippen LogP contribution in [0.25, 0.3) is 0 Å². The molecule has 0 bridgehead atoms. The lowest BCUT2D eigenvalue weighted by atomic mass is 9.97. The molecule has 1 aromatic rings. The first-order valence-corrected chi connectivity index (χ1v) is 8.66. The summed E-state index contributed by atoms with van der Waals surface area (Å²) in [5.41, 5.74) is 2.47. The van der Waals surface area contributed by atoms with E-state index < -0.39 is 0 Å². The number of halogens is 1. The van der Waals surface area contributed by atoms with Crippen molar-refractivity contribution >= 4 is 38.8 Å². The third-order valence-corrected chi connectivity index (χ3v) is 4.33. The van der Waals surface area contributed by atoms with Gasteiger partial charge in [0.1, 0.15) is 11.3 Å². The SMILES string of the molecule is CCOC(=O)C1=C(C)NC(SC)=[NH+]C1c1ccc(Br)cc1. The Bertz CT molecular complexity index is 596. The van der Waals surface area contributed by atoms with Crippen LogP contribution in [-0.2, 0) is 9.53 Å². The number of benzene rings is 1. The molecule has 2 N–H and O–H groups in total. The molecule has 1 atom stereocenters. The maximum Gasteiger partial charge on any atom is 0.342 e. The molecular weight excluding hydrogens is 352 g/mol. The van der Waals surface area contributed by atoms with Crippen molar-refractivity contribution in [3.8, 4) is 0 Å². The number of amidine groups is 1. The molecule has 1 aromatic carbocycles. The van der Waals surface area contributed by atoms with Crippen molar-refractivity contribution in [3.63, 3.8) is 0 Å². The normalized spacial score (nSPS) is 18.1. The standard InChI is InChI=1S/C15H17BrN2O2S/c1-4-20-14(19)12-9(2)17-15(21-3)18-13(12)10-5-7-11(16)8-6-10/h5-8,13H,4H2,1-3H3,(H,17,18)/p+1. The van der Waals surface area contributed by atoms with Gasteiger partial charge < -0.3 is 4.74 Å². The van der Waals surface area contributed by atoms with Gasteiger partial charge in [-0.05, 0) is 44.0 Å². The Kier molecular flexibility index (Phi) is 5.47. The molecule has 4 nitrogen and oxygen atoms in total. The van der Waals surface area contributed by atoms with E-state index in [0.29, 0.717) is 12.2 Å².